The molecule has 0 bridgehead atoms. The summed E-state index contributed by atoms with van der Waals surface area (Å²) in [7, 11) is 0. The summed E-state index contributed by atoms with van der Waals surface area (Å²) < 4.78 is 18.6. The average molecular weight is 347 g/mol. The smallest absolute Gasteiger partial charge is 0.261 e. The van der Waals surface area contributed by atoms with Crippen LogP contribution in [0.3, 0.4) is 0 Å². The van der Waals surface area contributed by atoms with E-state index < -0.39 is 11.7 Å². The van der Waals surface area contributed by atoms with Gasteiger partial charge in [-0.15, -0.1) is 0 Å². The Balaban J connectivity index is 2.67. The highest BCUT2D eigenvalue weighted by atomic mass is 79.9. The second-order valence-electron chi connectivity index (χ2n) is 4.45. The minimum atomic E-state index is -0.588. The van der Waals surface area contributed by atoms with Crippen molar-refractivity contribution in [2.24, 2.45) is 5.73 Å². The van der Waals surface area contributed by atoms with Crippen LogP contribution in [0.2, 0.25) is 0 Å². The third-order valence-electron chi connectivity index (χ3n) is 2.51. The molecule has 1 rings (SSSR count). The summed E-state index contributed by atoms with van der Waals surface area (Å²) in [6.07, 6.45) is 0. The van der Waals surface area contributed by atoms with Gasteiger partial charge in [0.05, 0.1) is 11.0 Å². The molecule has 0 saturated carbocycles. The first-order chi connectivity index (χ1) is 9.31. The van der Waals surface area contributed by atoms with Crippen LogP contribution in [0.5, 0.6) is 5.75 Å². The van der Waals surface area contributed by atoms with Gasteiger partial charge in [-0.05, 0) is 48.0 Å². The topological polar surface area (TPSA) is 72.6 Å². The van der Waals surface area contributed by atoms with E-state index in [4.69, 9.17) is 10.5 Å². The number of benzene rings is 1. The molecule has 0 heterocycles. The number of halogens is 2. The van der Waals surface area contributed by atoms with E-state index in [1.807, 2.05) is 0 Å². The summed E-state index contributed by atoms with van der Waals surface area (Å²) in [5.74, 6) is -1.01. The minimum absolute atomic E-state index is 0.162. The molecule has 110 valence electrons. The van der Waals surface area contributed by atoms with Crippen LogP contribution in [-0.2, 0) is 9.59 Å². The maximum atomic E-state index is 12.9. The quantitative estimate of drug-likeness (QED) is 0.851. The SMILES string of the molecule is CC(C)N(CC(N)=O)C(=O)COc1ccc(F)cc1Br. The fraction of sp³-hybridized carbons (Fsp3) is 0.385. The van der Waals surface area contributed by atoms with Crippen LogP contribution in [0, 0.1) is 5.82 Å². The summed E-state index contributed by atoms with van der Waals surface area (Å²) in [6, 6.07) is 3.72. The monoisotopic (exact) mass is 346 g/mol. The molecule has 0 unspecified atom stereocenters. The van der Waals surface area contributed by atoms with Gasteiger partial charge in [0.2, 0.25) is 5.91 Å². The van der Waals surface area contributed by atoms with Crippen LogP contribution >= 0.6 is 15.9 Å². The number of amides is 2. The van der Waals surface area contributed by atoms with Gasteiger partial charge in [0, 0.05) is 6.04 Å². The predicted octanol–water partition coefficient (Wildman–Crippen LogP) is 1.69. The number of nitrogens with zero attached hydrogens (tertiary/aromatic N) is 1. The number of primary amides is 1. The van der Waals surface area contributed by atoms with Gasteiger partial charge in [0.15, 0.2) is 6.61 Å². The number of carbonyl (C=O) groups excluding carboxylic acids is 2. The molecule has 0 saturated heterocycles. The summed E-state index contributed by atoms with van der Waals surface area (Å²) in [4.78, 5) is 24.2. The minimum Gasteiger partial charge on any atom is -0.483 e. The Bertz CT molecular complexity index is 508. The number of carbonyl (C=O) groups is 2. The molecule has 7 heteroatoms. The Morgan fingerprint density at radius 3 is 2.60 bits per heavy atom. The Hall–Kier alpha value is -1.63. The van der Waals surface area contributed by atoms with Crippen LogP contribution in [0.4, 0.5) is 4.39 Å². The van der Waals surface area contributed by atoms with E-state index in [1.165, 1.54) is 23.1 Å². The third-order valence-corrected chi connectivity index (χ3v) is 3.13. The molecule has 0 aliphatic rings. The van der Waals surface area contributed by atoms with E-state index in [1.54, 1.807) is 13.8 Å². The number of hydrogen-bond acceptors (Lipinski definition) is 3. The van der Waals surface area contributed by atoms with Crippen LogP contribution in [0.25, 0.3) is 0 Å². The van der Waals surface area contributed by atoms with Crippen molar-refractivity contribution in [3.8, 4) is 5.75 Å². The van der Waals surface area contributed by atoms with Crippen molar-refractivity contribution in [3.05, 3.63) is 28.5 Å². The van der Waals surface area contributed by atoms with E-state index in [0.717, 1.165) is 0 Å². The van der Waals surface area contributed by atoms with Crippen molar-refractivity contribution in [2.75, 3.05) is 13.2 Å². The number of hydrogen-bond donors (Lipinski definition) is 1. The van der Waals surface area contributed by atoms with Gasteiger partial charge in [-0.25, -0.2) is 4.39 Å². The van der Waals surface area contributed by atoms with Gasteiger partial charge in [-0.1, -0.05) is 0 Å². The highest BCUT2D eigenvalue weighted by molar-refractivity contribution is 9.10. The Morgan fingerprint density at radius 1 is 1.45 bits per heavy atom. The maximum absolute atomic E-state index is 12.9. The molecule has 2 amide bonds. The van der Waals surface area contributed by atoms with Gasteiger partial charge in [0.25, 0.3) is 5.91 Å². The maximum Gasteiger partial charge on any atom is 0.261 e. The number of nitrogens with two attached hydrogens (primary N) is 1. The van der Waals surface area contributed by atoms with E-state index in [9.17, 15) is 14.0 Å². The van der Waals surface area contributed by atoms with E-state index >= 15 is 0 Å². The van der Waals surface area contributed by atoms with Crippen molar-refractivity contribution < 1.29 is 18.7 Å². The van der Waals surface area contributed by atoms with Gasteiger partial charge < -0.3 is 15.4 Å². The van der Waals surface area contributed by atoms with Crippen molar-refractivity contribution in [3.63, 3.8) is 0 Å². The zero-order chi connectivity index (χ0) is 15.3. The first-order valence-corrected chi connectivity index (χ1v) is 6.76. The number of ether oxygens (including phenoxy) is 1. The van der Waals surface area contributed by atoms with Gasteiger partial charge in [0.1, 0.15) is 11.6 Å². The van der Waals surface area contributed by atoms with Gasteiger partial charge >= 0.3 is 0 Å². The molecular formula is C13H16BrFN2O3. The molecule has 0 aliphatic carbocycles. The molecule has 0 spiro atoms. The molecule has 0 radical (unpaired) electrons. The molecule has 0 aromatic heterocycles. The van der Waals surface area contributed by atoms with E-state index in [0.29, 0.717) is 10.2 Å². The fourth-order valence-electron chi connectivity index (χ4n) is 1.54. The van der Waals surface area contributed by atoms with Crippen LogP contribution in [0.15, 0.2) is 22.7 Å². The normalized spacial score (nSPS) is 10.4. The van der Waals surface area contributed by atoms with E-state index in [-0.39, 0.29) is 25.1 Å². The summed E-state index contributed by atoms with van der Waals surface area (Å²) in [6.45, 7) is 3.13. The largest absolute Gasteiger partial charge is 0.483 e. The molecule has 1 aromatic carbocycles. The highest BCUT2D eigenvalue weighted by Gasteiger charge is 2.19. The van der Waals surface area contributed by atoms with Crippen molar-refractivity contribution in [2.45, 2.75) is 19.9 Å². The third kappa shape index (κ3) is 4.80. The molecule has 0 atom stereocenters. The standard InChI is InChI=1S/C13H16BrFN2O3/c1-8(2)17(6-12(16)18)13(19)7-20-11-4-3-9(15)5-10(11)14/h3-5,8H,6-7H2,1-2H3,(H2,16,18). The fourth-order valence-corrected chi connectivity index (χ4v) is 2.01. The molecule has 1 aromatic rings. The lowest BCUT2D eigenvalue weighted by Crippen LogP contribution is -2.44. The van der Waals surface area contributed by atoms with E-state index in [2.05, 4.69) is 15.9 Å². The van der Waals surface area contributed by atoms with Crippen LogP contribution in [0.1, 0.15) is 13.8 Å². The van der Waals surface area contributed by atoms with Gasteiger partial charge in [-0.2, -0.15) is 0 Å². The molecule has 0 fully saturated rings. The van der Waals surface area contributed by atoms with Crippen molar-refractivity contribution in [1.82, 2.24) is 4.90 Å². The summed E-state index contributed by atoms with van der Waals surface area (Å²) in [5.41, 5.74) is 5.09. The lowest BCUT2D eigenvalue weighted by atomic mass is 10.3. The lowest BCUT2D eigenvalue weighted by molar-refractivity contribution is -0.138. The zero-order valence-corrected chi connectivity index (χ0v) is 12.8. The Morgan fingerprint density at radius 2 is 2.10 bits per heavy atom. The highest BCUT2D eigenvalue weighted by Crippen LogP contribution is 2.25. The predicted molar refractivity (Wildman–Crippen MR) is 75.6 cm³/mol. The molecule has 0 aliphatic heterocycles. The summed E-state index contributed by atoms with van der Waals surface area (Å²) >= 11 is 3.14. The lowest BCUT2D eigenvalue weighted by Gasteiger charge is -2.25. The second kappa shape index (κ2) is 7.23. The Kier molecular flexibility index (Phi) is 5.94. The van der Waals surface area contributed by atoms with Crippen molar-refractivity contribution in [1.29, 1.82) is 0 Å². The van der Waals surface area contributed by atoms with Crippen molar-refractivity contribution >= 4 is 27.7 Å². The van der Waals surface area contributed by atoms with Crippen LogP contribution < -0.4 is 10.5 Å². The average Bonchev–Trinajstić information content (AvgIpc) is 2.34. The van der Waals surface area contributed by atoms with Crippen LogP contribution in [-0.4, -0.2) is 35.9 Å². The second-order valence-corrected chi connectivity index (χ2v) is 5.30. The first kappa shape index (κ1) is 16.4. The molecule has 2 N–H and O–H groups in total. The first-order valence-electron chi connectivity index (χ1n) is 5.97. The molecular weight excluding hydrogens is 331 g/mol. The zero-order valence-electron chi connectivity index (χ0n) is 11.2. The van der Waals surface area contributed by atoms with Gasteiger partial charge in [-0.3, -0.25) is 9.59 Å². The summed E-state index contributed by atoms with van der Waals surface area (Å²) in [5, 5.41) is 0. The Labute approximate surface area is 125 Å². The number of rotatable bonds is 6. The molecule has 20 heavy (non-hydrogen) atoms. The molecule has 5 nitrogen and oxygen atoms in total.